The molecule has 0 aromatic carbocycles. The molecule has 0 fully saturated rings. The maximum Gasteiger partial charge on any atom is 0.330 e. The van der Waals surface area contributed by atoms with Crippen LogP contribution in [-0.4, -0.2) is 9.13 Å². The Kier molecular flexibility index (Phi) is 3.68. The summed E-state index contributed by atoms with van der Waals surface area (Å²) < 4.78 is 2.84. The van der Waals surface area contributed by atoms with Crippen molar-refractivity contribution in [1.82, 2.24) is 9.13 Å². The molecule has 1 aromatic heterocycles. The van der Waals surface area contributed by atoms with Crippen LogP contribution in [0.1, 0.15) is 26.7 Å². The van der Waals surface area contributed by atoms with E-state index in [4.69, 9.17) is 0 Å². The fraction of sp³-hybridized carbons (Fsp3) is 0.600. The van der Waals surface area contributed by atoms with Gasteiger partial charge in [-0.2, -0.15) is 0 Å². The topological polar surface area (TPSA) is 44.0 Å². The van der Waals surface area contributed by atoms with Gasteiger partial charge in [0.25, 0.3) is 5.56 Å². The summed E-state index contributed by atoms with van der Waals surface area (Å²) in [5.41, 5.74) is -0.401. The lowest BCUT2D eigenvalue weighted by molar-refractivity contribution is 0.540. The highest BCUT2D eigenvalue weighted by atomic mass is 16.2. The van der Waals surface area contributed by atoms with Crippen LogP contribution >= 0.6 is 0 Å². The molecule has 0 spiro atoms. The summed E-state index contributed by atoms with van der Waals surface area (Å²) in [5.74, 6) is 0. The zero-order valence-electron chi connectivity index (χ0n) is 8.69. The van der Waals surface area contributed by atoms with Crippen LogP contribution in [0.15, 0.2) is 21.9 Å². The van der Waals surface area contributed by atoms with E-state index in [2.05, 4.69) is 0 Å². The number of hydrogen-bond donors (Lipinski definition) is 0. The Hall–Kier alpha value is -1.32. The quantitative estimate of drug-likeness (QED) is 0.716. The summed E-state index contributed by atoms with van der Waals surface area (Å²) in [5, 5.41) is 0. The Morgan fingerprint density at radius 3 is 2.57 bits per heavy atom. The number of unbranched alkanes of at least 4 members (excludes halogenated alkanes) is 1. The Labute approximate surface area is 82.8 Å². The second kappa shape index (κ2) is 4.79. The molecule has 0 aliphatic heterocycles. The predicted octanol–water partition coefficient (Wildman–Crippen LogP) is 0.830. The third-order valence-corrected chi connectivity index (χ3v) is 2.22. The van der Waals surface area contributed by atoms with E-state index < -0.39 is 0 Å². The Morgan fingerprint density at radius 2 is 2.00 bits per heavy atom. The standard InChI is InChI=1S/C10H16N2O2/c1-3-5-7-12-9(13)6-8-11(4-2)10(12)14/h6,8H,3-5,7H2,1-2H3. The van der Waals surface area contributed by atoms with E-state index in [1.165, 1.54) is 15.2 Å². The molecule has 0 saturated carbocycles. The summed E-state index contributed by atoms with van der Waals surface area (Å²) in [7, 11) is 0. The summed E-state index contributed by atoms with van der Waals surface area (Å²) in [6.45, 7) is 5.04. The van der Waals surface area contributed by atoms with Crippen molar-refractivity contribution in [2.45, 2.75) is 39.8 Å². The van der Waals surface area contributed by atoms with Crippen molar-refractivity contribution in [2.75, 3.05) is 0 Å². The van der Waals surface area contributed by atoms with E-state index in [0.717, 1.165) is 12.8 Å². The van der Waals surface area contributed by atoms with Crippen molar-refractivity contribution in [2.24, 2.45) is 0 Å². The number of aromatic nitrogens is 2. The molecule has 4 nitrogen and oxygen atoms in total. The first-order valence-corrected chi connectivity index (χ1v) is 5.01. The molecule has 14 heavy (non-hydrogen) atoms. The van der Waals surface area contributed by atoms with Crippen LogP contribution in [0.2, 0.25) is 0 Å². The van der Waals surface area contributed by atoms with Gasteiger partial charge in [-0.25, -0.2) is 4.79 Å². The molecule has 0 amide bonds. The smallest absolute Gasteiger partial charge is 0.301 e. The van der Waals surface area contributed by atoms with Crippen molar-refractivity contribution in [1.29, 1.82) is 0 Å². The van der Waals surface area contributed by atoms with Crippen LogP contribution in [0.5, 0.6) is 0 Å². The van der Waals surface area contributed by atoms with Crippen LogP contribution in [-0.2, 0) is 13.1 Å². The second-order valence-corrected chi connectivity index (χ2v) is 3.23. The van der Waals surface area contributed by atoms with Gasteiger partial charge in [0.1, 0.15) is 0 Å². The van der Waals surface area contributed by atoms with Crippen molar-refractivity contribution in [3.8, 4) is 0 Å². The molecule has 0 aliphatic rings. The van der Waals surface area contributed by atoms with E-state index >= 15 is 0 Å². The normalized spacial score (nSPS) is 10.4. The van der Waals surface area contributed by atoms with Gasteiger partial charge in [-0.15, -0.1) is 0 Å². The average molecular weight is 196 g/mol. The molecule has 1 heterocycles. The first-order chi connectivity index (χ1) is 6.70. The van der Waals surface area contributed by atoms with Gasteiger partial charge in [0, 0.05) is 25.4 Å². The lowest BCUT2D eigenvalue weighted by atomic mass is 10.3. The summed E-state index contributed by atoms with van der Waals surface area (Å²) >= 11 is 0. The lowest BCUT2D eigenvalue weighted by Gasteiger charge is -2.06. The minimum atomic E-state index is -0.201. The maximum absolute atomic E-state index is 11.7. The molecular formula is C10H16N2O2. The van der Waals surface area contributed by atoms with E-state index in [0.29, 0.717) is 13.1 Å². The fourth-order valence-electron chi connectivity index (χ4n) is 1.32. The fourth-order valence-corrected chi connectivity index (χ4v) is 1.32. The Morgan fingerprint density at radius 1 is 1.29 bits per heavy atom. The highest BCUT2D eigenvalue weighted by Crippen LogP contribution is 1.88. The summed E-state index contributed by atoms with van der Waals surface area (Å²) in [6.07, 6.45) is 3.39. The Bertz CT molecular complexity index is 403. The first-order valence-electron chi connectivity index (χ1n) is 5.01. The van der Waals surface area contributed by atoms with Crippen molar-refractivity contribution in [3.05, 3.63) is 33.1 Å². The first kappa shape index (κ1) is 10.8. The van der Waals surface area contributed by atoms with E-state index in [9.17, 15) is 9.59 Å². The number of hydrogen-bond acceptors (Lipinski definition) is 2. The van der Waals surface area contributed by atoms with Gasteiger partial charge in [-0.1, -0.05) is 13.3 Å². The van der Waals surface area contributed by atoms with E-state index in [-0.39, 0.29) is 11.2 Å². The van der Waals surface area contributed by atoms with Gasteiger partial charge < -0.3 is 4.57 Å². The molecule has 0 unspecified atom stereocenters. The molecule has 1 aromatic rings. The molecule has 0 atom stereocenters. The molecule has 0 saturated heterocycles. The highest BCUT2D eigenvalue weighted by molar-refractivity contribution is 4.85. The van der Waals surface area contributed by atoms with Crippen LogP contribution in [0, 0.1) is 0 Å². The minimum Gasteiger partial charge on any atom is -0.301 e. The molecule has 0 N–H and O–H groups in total. The molecule has 0 aliphatic carbocycles. The van der Waals surface area contributed by atoms with Gasteiger partial charge in [0.2, 0.25) is 0 Å². The predicted molar refractivity (Wildman–Crippen MR) is 55.5 cm³/mol. The van der Waals surface area contributed by atoms with Crippen molar-refractivity contribution in [3.63, 3.8) is 0 Å². The van der Waals surface area contributed by atoms with Gasteiger partial charge in [-0.3, -0.25) is 9.36 Å². The molecule has 0 radical (unpaired) electrons. The zero-order chi connectivity index (χ0) is 10.6. The van der Waals surface area contributed by atoms with E-state index in [1.54, 1.807) is 6.20 Å². The van der Waals surface area contributed by atoms with Crippen LogP contribution in [0.3, 0.4) is 0 Å². The van der Waals surface area contributed by atoms with Gasteiger partial charge in [-0.05, 0) is 13.3 Å². The maximum atomic E-state index is 11.7. The number of aryl methyl sites for hydroxylation is 1. The third kappa shape index (κ3) is 2.13. The molecule has 1 rings (SSSR count). The second-order valence-electron chi connectivity index (χ2n) is 3.23. The van der Waals surface area contributed by atoms with Crippen LogP contribution in [0.4, 0.5) is 0 Å². The average Bonchev–Trinajstić information content (AvgIpc) is 2.18. The van der Waals surface area contributed by atoms with Crippen LogP contribution < -0.4 is 11.2 Å². The minimum absolute atomic E-state index is 0.201. The van der Waals surface area contributed by atoms with E-state index in [1.807, 2.05) is 13.8 Å². The van der Waals surface area contributed by atoms with Crippen molar-refractivity contribution < 1.29 is 0 Å². The monoisotopic (exact) mass is 196 g/mol. The number of rotatable bonds is 4. The third-order valence-electron chi connectivity index (χ3n) is 2.22. The van der Waals surface area contributed by atoms with Gasteiger partial charge in [0.15, 0.2) is 0 Å². The summed E-state index contributed by atoms with van der Waals surface area (Å²) in [4.78, 5) is 23.0. The molecule has 4 heteroatoms. The Balaban J connectivity index is 3.13. The molecule has 0 bridgehead atoms. The van der Waals surface area contributed by atoms with Gasteiger partial charge in [0.05, 0.1) is 0 Å². The highest BCUT2D eigenvalue weighted by Gasteiger charge is 2.02. The molecule has 78 valence electrons. The summed E-state index contributed by atoms with van der Waals surface area (Å²) in [6, 6.07) is 1.44. The largest absolute Gasteiger partial charge is 0.330 e. The van der Waals surface area contributed by atoms with Crippen molar-refractivity contribution >= 4 is 0 Å². The SMILES string of the molecule is CCCCn1c(=O)ccn(CC)c1=O. The molecular weight excluding hydrogens is 180 g/mol. The lowest BCUT2D eigenvalue weighted by Crippen LogP contribution is -2.38. The zero-order valence-corrected chi connectivity index (χ0v) is 8.69. The number of nitrogens with zero attached hydrogens (tertiary/aromatic N) is 2. The van der Waals surface area contributed by atoms with Gasteiger partial charge >= 0.3 is 5.69 Å². The van der Waals surface area contributed by atoms with Crippen LogP contribution in [0.25, 0.3) is 0 Å².